The molecule has 0 amide bonds. The number of carbonyl (C=O) groups excluding carboxylic acids is 1. The van der Waals surface area contributed by atoms with Gasteiger partial charge in [-0.3, -0.25) is 0 Å². The highest BCUT2D eigenvalue weighted by molar-refractivity contribution is 6.24. The first-order chi connectivity index (χ1) is 13.3. The summed E-state index contributed by atoms with van der Waals surface area (Å²) in [6.07, 6.45) is 2.85. The maximum absolute atomic E-state index is 12.8. The van der Waals surface area contributed by atoms with Crippen molar-refractivity contribution >= 4 is 23.4 Å². The van der Waals surface area contributed by atoms with E-state index in [0.717, 1.165) is 16.7 Å². The Bertz CT molecular complexity index is 974. The van der Waals surface area contributed by atoms with E-state index in [-0.39, 0.29) is 0 Å². The lowest BCUT2D eigenvalue weighted by atomic mass is 10.00. The van der Waals surface area contributed by atoms with Gasteiger partial charge < -0.3 is 9.47 Å². The fourth-order valence-electron chi connectivity index (χ4n) is 2.94. The Morgan fingerprint density at radius 2 is 1.22 bits per heavy atom. The second kappa shape index (κ2) is 7.75. The summed E-state index contributed by atoms with van der Waals surface area (Å²) in [7, 11) is 0. The lowest BCUT2D eigenvalue weighted by molar-refractivity contribution is -0.155. The standard InChI is InChI=1S/C24H18O3/c25-24-22(19-12-6-2-7-13-19)23(20-14-8-3-9-15-20)26-21(27-24)17-16-18-10-4-1-5-11-18/h1-17,21H. The summed E-state index contributed by atoms with van der Waals surface area (Å²) >= 11 is 0. The van der Waals surface area contributed by atoms with Gasteiger partial charge >= 0.3 is 5.97 Å². The van der Waals surface area contributed by atoms with Crippen LogP contribution in [0.15, 0.2) is 97.1 Å². The number of hydrogen-bond acceptors (Lipinski definition) is 3. The monoisotopic (exact) mass is 354 g/mol. The topological polar surface area (TPSA) is 35.5 Å². The molecule has 0 aliphatic carbocycles. The molecule has 0 aromatic heterocycles. The van der Waals surface area contributed by atoms with Crippen molar-refractivity contribution in [2.45, 2.75) is 6.29 Å². The van der Waals surface area contributed by atoms with Gasteiger partial charge in [-0.25, -0.2) is 4.79 Å². The Kier molecular flexibility index (Phi) is 4.84. The van der Waals surface area contributed by atoms with Gasteiger partial charge in [-0.05, 0) is 17.2 Å². The highest BCUT2D eigenvalue weighted by Gasteiger charge is 2.30. The fraction of sp³-hybridized carbons (Fsp3) is 0.0417. The van der Waals surface area contributed by atoms with Crippen LogP contribution in [-0.2, 0) is 14.3 Å². The first kappa shape index (κ1) is 16.9. The molecule has 0 fully saturated rings. The van der Waals surface area contributed by atoms with Gasteiger partial charge in [0.1, 0.15) is 11.3 Å². The molecule has 3 aromatic rings. The molecule has 1 heterocycles. The van der Waals surface area contributed by atoms with Gasteiger partial charge in [-0.15, -0.1) is 0 Å². The summed E-state index contributed by atoms with van der Waals surface area (Å²) in [5.41, 5.74) is 3.06. The fourth-order valence-corrected chi connectivity index (χ4v) is 2.94. The highest BCUT2D eigenvalue weighted by Crippen LogP contribution is 2.34. The van der Waals surface area contributed by atoms with Gasteiger partial charge in [0.2, 0.25) is 0 Å². The van der Waals surface area contributed by atoms with Crippen LogP contribution in [0, 0.1) is 0 Å². The van der Waals surface area contributed by atoms with Crippen LogP contribution < -0.4 is 0 Å². The molecule has 0 spiro atoms. The molecule has 27 heavy (non-hydrogen) atoms. The Morgan fingerprint density at radius 1 is 0.667 bits per heavy atom. The highest BCUT2D eigenvalue weighted by atomic mass is 16.7. The molecule has 0 N–H and O–H groups in total. The van der Waals surface area contributed by atoms with E-state index in [1.807, 2.05) is 97.1 Å². The molecule has 0 radical (unpaired) electrons. The zero-order valence-corrected chi connectivity index (χ0v) is 14.6. The minimum Gasteiger partial charge on any atom is -0.449 e. The molecule has 3 heteroatoms. The second-order valence-corrected chi connectivity index (χ2v) is 6.10. The third kappa shape index (κ3) is 3.82. The molecule has 0 saturated carbocycles. The predicted octanol–water partition coefficient (Wildman–Crippen LogP) is 5.17. The van der Waals surface area contributed by atoms with Gasteiger partial charge in [-0.2, -0.15) is 0 Å². The number of benzene rings is 3. The van der Waals surface area contributed by atoms with Crippen LogP contribution in [0.25, 0.3) is 17.4 Å². The van der Waals surface area contributed by atoms with Crippen molar-refractivity contribution in [1.29, 1.82) is 0 Å². The van der Waals surface area contributed by atoms with Crippen LogP contribution in [0.1, 0.15) is 16.7 Å². The minimum atomic E-state index is -0.777. The Hall–Kier alpha value is -3.59. The summed E-state index contributed by atoms with van der Waals surface area (Å²) in [4.78, 5) is 12.8. The SMILES string of the molecule is O=C1OC(C=Cc2ccccc2)OC(c2ccccc2)=C1c1ccccc1. The number of cyclic esters (lactones) is 1. The zero-order valence-electron chi connectivity index (χ0n) is 14.6. The summed E-state index contributed by atoms with van der Waals surface area (Å²) in [5, 5.41) is 0. The summed E-state index contributed by atoms with van der Waals surface area (Å²) in [6.45, 7) is 0. The van der Waals surface area contributed by atoms with Crippen molar-refractivity contribution in [2.24, 2.45) is 0 Å². The Balaban J connectivity index is 1.72. The maximum atomic E-state index is 12.8. The lowest BCUT2D eigenvalue weighted by Crippen LogP contribution is -2.26. The van der Waals surface area contributed by atoms with Crippen LogP contribution in [-0.4, -0.2) is 12.3 Å². The van der Waals surface area contributed by atoms with Crippen LogP contribution in [0.3, 0.4) is 0 Å². The molecule has 1 unspecified atom stereocenters. The normalized spacial score (nSPS) is 16.9. The van der Waals surface area contributed by atoms with E-state index in [2.05, 4.69) is 0 Å². The molecular formula is C24H18O3. The number of carbonyl (C=O) groups is 1. The minimum absolute atomic E-state index is 0.394. The van der Waals surface area contributed by atoms with Gasteiger partial charge in [0.25, 0.3) is 6.29 Å². The van der Waals surface area contributed by atoms with E-state index in [4.69, 9.17) is 9.47 Å². The van der Waals surface area contributed by atoms with Crippen LogP contribution in [0.4, 0.5) is 0 Å². The van der Waals surface area contributed by atoms with Crippen molar-refractivity contribution in [3.05, 3.63) is 114 Å². The molecule has 1 atom stereocenters. The van der Waals surface area contributed by atoms with E-state index in [1.54, 1.807) is 6.08 Å². The zero-order chi connectivity index (χ0) is 18.5. The number of ether oxygens (including phenoxy) is 2. The molecule has 3 aromatic carbocycles. The lowest BCUT2D eigenvalue weighted by Gasteiger charge is -2.26. The first-order valence-corrected chi connectivity index (χ1v) is 8.77. The van der Waals surface area contributed by atoms with E-state index in [0.29, 0.717) is 11.3 Å². The maximum Gasteiger partial charge on any atom is 0.345 e. The van der Waals surface area contributed by atoms with E-state index in [1.165, 1.54) is 0 Å². The third-order valence-corrected chi connectivity index (χ3v) is 4.23. The average Bonchev–Trinajstić information content (AvgIpc) is 2.74. The third-order valence-electron chi connectivity index (χ3n) is 4.23. The summed E-state index contributed by atoms with van der Waals surface area (Å²) < 4.78 is 11.6. The smallest absolute Gasteiger partial charge is 0.345 e. The Labute approximate surface area is 158 Å². The van der Waals surface area contributed by atoms with Crippen molar-refractivity contribution in [3.63, 3.8) is 0 Å². The van der Waals surface area contributed by atoms with Crippen LogP contribution >= 0.6 is 0 Å². The molecule has 1 aliphatic heterocycles. The van der Waals surface area contributed by atoms with Crippen LogP contribution in [0.5, 0.6) is 0 Å². The van der Waals surface area contributed by atoms with Crippen molar-refractivity contribution in [3.8, 4) is 0 Å². The van der Waals surface area contributed by atoms with Crippen molar-refractivity contribution < 1.29 is 14.3 Å². The van der Waals surface area contributed by atoms with Crippen LogP contribution in [0.2, 0.25) is 0 Å². The number of esters is 1. The first-order valence-electron chi connectivity index (χ1n) is 8.77. The van der Waals surface area contributed by atoms with Crippen molar-refractivity contribution in [1.82, 2.24) is 0 Å². The van der Waals surface area contributed by atoms with Gasteiger partial charge in [0.05, 0.1) is 0 Å². The van der Waals surface area contributed by atoms with E-state index < -0.39 is 12.3 Å². The summed E-state index contributed by atoms with van der Waals surface area (Å²) in [5.74, 6) is 0.134. The average molecular weight is 354 g/mol. The van der Waals surface area contributed by atoms with Crippen molar-refractivity contribution in [2.75, 3.05) is 0 Å². The largest absolute Gasteiger partial charge is 0.449 e. The Morgan fingerprint density at radius 3 is 1.85 bits per heavy atom. The van der Waals surface area contributed by atoms with Gasteiger partial charge in [-0.1, -0.05) is 97.1 Å². The molecule has 0 bridgehead atoms. The predicted molar refractivity (Wildman–Crippen MR) is 106 cm³/mol. The number of rotatable bonds is 4. The second-order valence-electron chi connectivity index (χ2n) is 6.10. The molecule has 1 aliphatic rings. The summed E-state index contributed by atoms with van der Waals surface area (Å²) in [6, 6.07) is 28.9. The molecule has 4 rings (SSSR count). The molecular weight excluding hydrogens is 336 g/mol. The number of hydrogen-bond donors (Lipinski definition) is 0. The van der Waals surface area contributed by atoms with Gasteiger partial charge in [0, 0.05) is 5.56 Å². The quantitative estimate of drug-likeness (QED) is 0.607. The van der Waals surface area contributed by atoms with E-state index in [9.17, 15) is 4.79 Å². The molecule has 3 nitrogen and oxygen atoms in total. The van der Waals surface area contributed by atoms with E-state index >= 15 is 0 Å². The molecule has 0 saturated heterocycles. The van der Waals surface area contributed by atoms with Gasteiger partial charge in [0.15, 0.2) is 0 Å². The molecule has 132 valence electrons.